The highest BCUT2D eigenvalue weighted by atomic mass is 14.9. The van der Waals surface area contributed by atoms with Crippen LogP contribution < -0.4 is 0 Å². The van der Waals surface area contributed by atoms with Gasteiger partial charge in [-0.05, 0) is 37.6 Å². The van der Waals surface area contributed by atoms with E-state index in [0.29, 0.717) is 0 Å². The van der Waals surface area contributed by atoms with Crippen molar-refractivity contribution in [1.29, 1.82) is 0 Å². The standard InChI is InChI=1S/C20H18N2/c1-13-12-15-8-4-6-10-17(15)21-20(13)19-14(2)22(3)18-11-7-5-9-16(18)19/h4-12H,1-3H3. The zero-order valence-corrected chi connectivity index (χ0v) is 13.1. The van der Waals surface area contributed by atoms with Crippen LogP contribution in [0, 0.1) is 13.8 Å². The van der Waals surface area contributed by atoms with E-state index in [9.17, 15) is 0 Å². The van der Waals surface area contributed by atoms with E-state index in [2.05, 4.69) is 74.0 Å². The highest BCUT2D eigenvalue weighted by Crippen LogP contribution is 2.35. The van der Waals surface area contributed by atoms with Gasteiger partial charge in [-0.1, -0.05) is 36.4 Å². The Hall–Kier alpha value is -2.61. The Labute approximate surface area is 130 Å². The smallest absolute Gasteiger partial charge is 0.0763 e. The molecule has 2 aromatic carbocycles. The number of benzene rings is 2. The molecule has 2 nitrogen and oxygen atoms in total. The Balaban J connectivity index is 2.11. The summed E-state index contributed by atoms with van der Waals surface area (Å²) >= 11 is 0. The van der Waals surface area contributed by atoms with Crippen LogP contribution in [-0.4, -0.2) is 9.55 Å². The maximum Gasteiger partial charge on any atom is 0.0763 e. The average Bonchev–Trinajstić information content (AvgIpc) is 2.79. The van der Waals surface area contributed by atoms with Gasteiger partial charge < -0.3 is 4.57 Å². The average molecular weight is 286 g/mol. The van der Waals surface area contributed by atoms with Crippen LogP contribution in [0.2, 0.25) is 0 Å². The van der Waals surface area contributed by atoms with Crippen LogP contribution in [0.15, 0.2) is 54.6 Å². The van der Waals surface area contributed by atoms with Gasteiger partial charge >= 0.3 is 0 Å². The van der Waals surface area contributed by atoms with Crippen molar-refractivity contribution in [2.45, 2.75) is 13.8 Å². The van der Waals surface area contributed by atoms with Gasteiger partial charge in [0.05, 0.1) is 11.2 Å². The minimum absolute atomic E-state index is 1.05. The SMILES string of the molecule is Cc1cc2ccccc2nc1-c1c(C)n(C)c2ccccc12. The van der Waals surface area contributed by atoms with Gasteiger partial charge in [-0.3, -0.25) is 0 Å². The fourth-order valence-corrected chi connectivity index (χ4v) is 3.29. The molecule has 2 aromatic heterocycles. The summed E-state index contributed by atoms with van der Waals surface area (Å²) in [5, 5.41) is 2.47. The van der Waals surface area contributed by atoms with E-state index in [-0.39, 0.29) is 0 Å². The third-order valence-corrected chi connectivity index (χ3v) is 4.55. The van der Waals surface area contributed by atoms with E-state index in [0.717, 1.165) is 11.2 Å². The molecule has 0 saturated heterocycles. The Bertz CT molecular complexity index is 1010. The molecule has 0 atom stereocenters. The van der Waals surface area contributed by atoms with E-state index in [1.54, 1.807) is 0 Å². The number of nitrogens with zero attached hydrogens (tertiary/aromatic N) is 2. The monoisotopic (exact) mass is 286 g/mol. The van der Waals surface area contributed by atoms with Crippen LogP contribution in [0.4, 0.5) is 0 Å². The molecule has 0 fully saturated rings. The number of rotatable bonds is 1. The van der Waals surface area contributed by atoms with E-state index in [1.165, 1.54) is 33.1 Å². The normalized spacial score (nSPS) is 11.4. The van der Waals surface area contributed by atoms with Crippen LogP contribution in [0.3, 0.4) is 0 Å². The molecule has 0 saturated carbocycles. The molecule has 0 aliphatic carbocycles. The second-order valence-electron chi connectivity index (χ2n) is 5.88. The van der Waals surface area contributed by atoms with Crippen molar-refractivity contribution in [2.24, 2.45) is 7.05 Å². The van der Waals surface area contributed by atoms with E-state index in [1.807, 2.05) is 6.07 Å². The van der Waals surface area contributed by atoms with Crippen molar-refractivity contribution >= 4 is 21.8 Å². The second-order valence-corrected chi connectivity index (χ2v) is 5.88. The lowest BCUT2D eigenvalue weighted by atomic mass is 10.0. The fourth-order valence-electron chi connectivity index (χ4n) is 3.29. The molecule has 0 unspecified atom stereocenters. The summed E-state index contributed by atoms with van der Waals surface area (Å²) in [4.78, 5) is 4.96. The Morgan fingerprint density at radius 1 is 0.909 bits per heavy atom. The molecule has 0 aliphatic rings. The molecule has 0 bridgehead atoms. The van der Waals surface area contributed by atoms with Crippen LogP contribution in [-0.2, 0) is 7.05 Å². The molecule has 0 N–H and O–H groups in total. The van der Waals surface area contributed by atoms with Crippen LogP contribution in [0.1, 0.15) is 11.3 Å². The number of para-hydroxylation sites is 2. The zero-order chi connectivity index (χ0) is 15.3. The first kappa shape index (κ1) is 13.1. The van der Waals surface area contributed by atoms with Crippen LogP contribution in [0.5, 0.6) is 0 Å². The van der Waals surface area contributed by atoms with Crippen LogP contribution in [0.25, 0.3) is 33.1 Å². The molecule has 108 valence electrons. The summed E-state index contributed by atoms with van der Waals surface area (Å²) in [7, 11) is 2.12. The molecule has 2 heteroatoms. The van der Waals surface area contributed by atoms with Gasteiger partial charge in [0, 0.05) is 34.6 Å². The predicted octanol–water partition coefficient (Wildman–Crippen LogP) is 5.01. The molecule has 4 aromatic rings. The van der Waals surface area contributed by atoms with E-state index in [4.69, 9.17) is 4.98 Å². The Kier molecular flexibility index (Phi) is 2.80. The van der Waals surface area contributed by atoms with Gasteiger partial charge in [0.1, 0.15) is 0 Å². The van der Waals surface area contributed by atoms with Crippen molar-refractivity contribution in [3.63, 3.8) is 0 Å². The molecule has 0 amide bonds. The third-order valence-electron chi connectivity index (χ3n) is 4.55. The lowest BCUT2D eigenvalue weighted by Crippen LogP contribution is -1.94. The minimum Gasteiger partial charge on any atom is -0.347 e. The maximum atomic E-state index is 4.96. The van der Waals surface area contributed by atoms with Crippen molar-refractivity contribution in [1.82, 2.24) is 9.55 Å². The lowest BCUT2D eigenvalue weighted by Gasteiger charge is -2.08. The first-order valence-electron chi connectivity index (χ1n) is 7.57. The van der Waals surface area contributed by atoms with Gasteiger partial charge in [0.15, 0.2) is 0 Å². The quantitative estimate of drug-likeness (QED) is 0.481. The molecular formula is C20H18N2. The third kappa shape index (κ3) is 1.77. The van der Waals surface area contributed by atoms with Crippen molar-refractivity contribution < 1.29 is 0 Å². The highest BCUT2D eigenvalue weighted by Gasteiger charge is 2.16. The van der Waals surface area contributed by atoms with Crippen molar-refractivity contribution in [3.05, 3.63) is 65.9 Å². The summed E-state index contributed by atoms with van der Waals surface area (Å²) in [6.07, 6.45) is 0. The molecule has 0 spiro atoms. The molecule has 4 rings (SSSR count). The number of aromatic nitrogens is 2. The second kappa shape index (κ2) is 4.70. The number of hydrogen-bond acceptors (Lipinski definition) is 1. The molecular weight excluding hydrogens is 268 g/mol. The van der Waals surface area contributed by atoms with Gasteiger partial charge in [0.2, 0.25) is 0 Å². The predicted molar refractivity (Wildman–Crippen MR) is 93.1 cm³/mol. The Morgan fingerprint density at radius 2 is 1.64 bits per heavy atom. The number of pyridine rings is 1. The lowest BCUT2D eigenvalue weighted by molar-refractivity contribution is 0.918. The summed E-state index contributed by atoms with van der Waals surface area (Å²) in [5.74, 6) is 0. The van der Waals surface area contributed by atoms with E-state index < -0.39 is 0 Å². The Morgan fingerprint density at radius 3 is 2.50 bits per heavy atom. The van der Waals surface area contributed by atoms with Crippen molar-refractivity contribution in [3.8, 4) is 11.3 Å². The van der Waals surface area contributed by atoms with Crippen LogP contribution >= 0.6 is 0 Å². The highest BCUT2D eigenvalue weighted by molar-refractivity contribution is 5.99. The summed E-state index contributed by atoms with van der Waals surface area (Å²) in [6.45, 7) is 4.32. The molecule has 22 heavy (non-hydrogen) atoms. The maximum absolute atomic E-state index is 4.96. The first-order valence-corrected chi connectivity index (χ1v) is 7.57. The number of hydrogen-bond donors (Lipinski definition) is 0. The van der Waals surface area contributed by atoms with E-state index >= 15 is 0 Å². The summed E-state index contributed by atoms with van der Waals surface area (Å²) in [6, 6.07) is 19.1. The molecule has 0 aliphatic heterocycles. The largest absolute Gasteiger partial charge is 0.347 e. The zero-order valence-electron chi connectivity index (χ0n) is 13.1. The van der Waals surface area contributed by atoms with Crippen molar-refractivity contribution in [2.75, 3.05) is 0 Å². The topological polar surface area (TPSA) is 17.8 Å². The van der Waals surface area contributed by atoms with Gasteiger partial charge in [-0.25, -0.2) is 4.98 Å². The summed E-state index contributed by atoms with van der Waals surface area (Å²) in [5.41, 5.74) is 7.12. The minimum atomic E-state index is 1.05. The number of fused-ring (bicyclic) bond motifs is 2. The van der Waals surface area contributed by atoms with Gasteiger partial charge in [-0.15, -0.1) is 0 Å². The summed E-state index contributed by atoms with van der Waals surface area (Å²) < 4.78 is 2.25. The van der Waals surface area contributed by atoms with Gasteiger partial charge in [0.25, 0.3) is 0 Å². The fraction of sp³-hybridized carbons (Fsp3) is 0.150. The first-order chi connectivity index (χ1) is 10.7. The molecule has 0 radical (unpaired) electrons. The molecule has 2 heterocycles. The van der Waals surface area contributed by atoms with Gasteiger partial charge in [-0.2, -0.15) is 0 Å². The number of aryl methyl sites for hydroxylation is 2.